The Bertz CT molecular complexity index is 847. The molecule has 1 aliphatic carbocycles. The van der Waals surface area contributed by atoms with Gasteiger partial charge in [-0.1, -0.05) is 54.6 Å². The molecule has 116 valence electrons. The minimum atomic E-state index is -1.01. The summed E-state index contributed by atoms with van der Waals surface area (Å²) in [7, 11) is 0. The topological polar surface area (TPSA) is 33.1 Å². The summed E-state index contributed by atoms with van der Waals surface area (Å²) in [5.74, 6) is 0. The van der Waals surface area contributed by atoms with E-state index in [1.807, 2.05) is 49.5 Å². The SMILES string of the molecule is Cc1cc2c(cn1)C(O)(Cc1ccccc1)c1ccccc1-2.Cl. The van der Waals surface area contributed by atoms with Gasteiger partial charge in [-0.25, -0.2) is 0 Å². The van der Waals surface area contributed by atoms with Gasteiger partial charge in [0.05, 0.1) is 0 Å². The molecule has 0 saturated carbocycles. The van der Waals surface area contributed by atoms with Gasteiger partial charge >= 0.3 is 0 Å². The monoisotopic (exact) mass is 323 g/mol. The lowest BCUT2D eigenvalue weighted by molar-refractivity contribution is 0.0857. The van der Waals surface area contributed by atoms with Crippen LogP contribution in [0.25, 0.3) is 11.1 Å². The molecule has 3 aromatic rings. The Morgan fingerprint density at radius 2 is 1.61 bits per heavy atom. The highest BCUT2D eigenvalue weighted by Gasteiger charge is 2.41. The van der Waals surface area contributed by atoms with E-state index in [4.69, 9.17) is 0 Å². The highest BCUT2D eigenvalue weighted by molar-refractivity contribution is 5.85. The van der Waals surface area contributed by atoms with Crippen molar-refractivity contribution in [3.8, 4) is 11.1 Å². The van der Waals surface area contributed by atoms with Crippen molar-refractivity contribution < 1.29 is 5.11 Å². The molecule has 0 bridgehead atoms. The molecule has 1 N–H and O–H groups in total. The average molecular weight is 324 g/mol. The summed E-state index contributed by atoms with van der Waals surface area (Å²) >= 11 is 0. The molecule has 23 heavy (non-hydrogen) atoms. The number of halogens is 1. The molecule has 1 aliphatic rings. The Kier molecular flexibility index (Phi) is 3.97. The first kappa shape index (κ1) is 15.7. The number of rotatable bonds is 2. The molecule has 0 aliphatic heterocycles. The van der Waals surface area contributed by atoms with Gasteiger partial charge in [0.25, 0.3) is 0 Å². The lowest BCUT2D eigenvalue weighted by Gasteiger charge is -2.25. The van der Waals surface area contributed by atoms with Crippen molar-refractivity contribution in [3.05, 3.63) is 89.2 Å². The second-order valence-corrected chi connectivity index (χ2v) is 5.94. The second-order valence-electron chi connectivity index (χ2n) is 5.94. The van der Waals surface area contributed by atoms with Gasteiger partial charge in [0.15, 0.2) is 0 Å². The zero-order valence-electron chi connectivity index (χ0n) is 12.9. The van der Waals surface area contributed by atoms with E-state index in [1.165, 1.54) is 0 Å². The van der Waals surface area contributed by atoms with Gasteiger partial charge in [0.2, 0.25) is 0 Å². The summed E-state index contributed by atoms with van der Waals surface area (Å²) in [6.07, 6.45) is 2.39. The summed E-state index contributed by atoms with van der Waals surface area (Å²) in [5, 5.41) is 11.5. The van der Waals surface area contributed by atoms with Crippen LogP contribution in [0, 0.1) is 6.92 Å². The van der Waals surface area contributed by atoms with Crippen molar-refractivity contribution >= 4 is 12.4 Å². The first-order valence-electron chi connectivity index (χ1n) is 7.52. The van der Waals surface area contributed by atoms with Gasteiger partial charge in [0.1, 0.15) is 5.60 Å². The van der Waals surface area contributed by atoms with E-state index in [0.717, 1.165) is 33.5 Å². The van der Waals surface area contributed by atoms with Gasteiger partial charge < -0.3 is 5.11 Å². The van der Waals surface area contributed by atoms with Crippen molar-refractivity contribution in [3.63, 3.8) is 0 Å². The van der Waals surface area contributed by atoms with E-state index in [-0.39, 0.29) is 12.4 Å². The quantitative estimate of drug-likeness (QED) is 0.764. The Balaban J connectivity index is 0.00000156. The Hall–Kier alpha value is -2.16. The minimum absolute atomic E-state index is 0. The molecular formula is C20H18ClNO. The molecular weight excluding hydrogens is 306 g/mol. The Morgan fingerprint density at radius 3 is 2.39 bits per heavy atom. The molecule has 0 radical (unpaired) electrons. The van der Waals surface area contributed by atoms with Gasteiger partial charge in [-0.05, 0) is 35.2 Å². The third kappa shape index (κ3) is 2.44. The summed E-state index contributed by atoms with van der Waals surface area (Å²) < 4.78 is 0. The summed E-state index contributed by atoms with van der Waals surface area (Å²) in [6, 6.07) is 20.3. The number of nitrogens with zero attached hydrogens (tertiary/aromatic N) is 1. The fraction of sp³-hybridized carbons (Fsp3) is 0.150. The average Bonchev–Trinajstić information content (AvgIpc) is 2.78. The maximum Gasteiger partial charge on any atom is 0.121 e. The van der Waals surface area contributed by atoms with Crippen LogP contribution in [0.3, 0.4) is 0 Å². The highest BCUT2D eigenvalue weighted by atomic mass is 35.5. The normalized spacial score (nSPS) is 18.0. The smallest absolute Gasteiger partial charge is 0.121 e. The molecule has 1 unspecified atom stereocenters. The van der Waals surface area contributed by atoms with Gasteiger partial charge in [-0.3, -0.25) is 4.98 Å². The van der Waals surface area contributed by atoms with Crippen molar-refractivity contribution in [1.29, 1.82) is 0 Å². The molecule has 0 saturated heterocycles. The lowest BCUT2D eigenvalue weighted by Crippen LogP contribution is -2.27. The van der Waals surface area contributed by atoms with Crippen LogP contribution >= 0.6 is 12.4 Å². The fourth-order valence-electron chi connectivity index (χ4n) is 3.42. The van der Waals surface area contributed by atoms with E-state index in [1.54, 1.807) is 0 Å². The van der Waals surface area contributed by atoms with Crippen molar-refractivity contribution in [2.24, 2.45) is 0 Å². The van der Waals surface area contributed by atoms with E-state index in [2.05, 4.69) is 29.2 Å². The molecule has 1 aromatic heterocycles. The zero-order valence-corrected chi connectivity index (χ0v) is 13.7. The van der Waals surface area contributed by atoms with Gasteiger partial charge in [0, 0.05) is 23.9 Å². The van der Waals surface area contributed by atoms with Crippen LogP contribution in [0.15, 0.2) is 66.9 Å². The second kappa shape index (κ2) is 5.80. The van der Waals surface area contributed by atoms with Crippen molar-refractivity contribution in [2.75, 3.05) is 0 Å². The number of benzene rings is 2. The number of fused-ring (bicyclic) bond motifs is 3. The Morgan fingerprint density at radius 1 is 0.913 bits per heavy atom. The van der Waals surface area contributed by atoms with E-state index < -0.39 is 5.60 Å². The van der Waals surface area contributed by atoms with E-state index in [9.17, 15) is 5.11 Å². The number of aliphatic hydroxyl groups is 1. The number of hydrogen-bond acceptors (Lipinski definition) is 2. The number of aryl methyl sites for hydroxylation is 1. The van der Waals surface area contributed by atoms with Crippen LogP contribution in [0.2, 0.25) is 0 Å². The van der Waals surface area contributed by atoms with Crippen LogP contribution in [0.1, 0.15) is 22.4 Å². The number of aromatic nitrogens is 1. The van der Waals surface area contributed by atoms with Crippen LogP contribution in [-0.4, -0.2) is 10.1 Å². The molecule has 1 heterocycles. The summed E-state index contributed by atoms with van der Waals surface area (Å²) in [5.41, 5.74) is 5.17. The molecule has 2 aromatic carbocycles. The lowest BCUT2D eigenvalue weighted by atomic mass is 9.86. The maximum absolute atomic E-state index is 11.5. The molecule has 4 rings (SSSR count). The zero-order chi connectivity index (χ0) is 15.2. The highest BCUT2D eigenvalue weighted by Crippen LogP contribution is 2.48. The minimum Gasteiger partial charge on any atom is -0.380 e. The summed E-state index contributed by atoms with van der Waals surface area (Å²) in [6.45, 7) is 1.98. The Labute approximate surface area is 142 Å². The third-order valence-corrected chi connectivity index (χ3v) is 4.45. The van der Waals surface area contributed by atoms with E-state index in [0.29, 0.717) is 6.42 Å². The van der Waals surface area contributed by atoms with Crippen LogP contribution < -0.4 is 0 Å². The standard InChI is InChI=1S/C20H17NO.ClH/c1-14-11-17-16-9-5-6-10-18(16)20(22,19(17)13-21-14)12-15-7-3-2-4-8-15;/h2-11,13,22H,12H2,1H3;1H. The molecule has 0 spiro atoms. The first-order valence-corrected chi connectivity index (χ1v) is 7.52. The molecule has 2 nitrogen and oxygen atoms in total. The van der Waals surface area contributed by atoms with Crippen LogP contribution in [-0.2, 0) is 12.0 Å². The van der Waals surface area contributed by atoms with Gasteiger partial charge in [-0.2, -0.15) is 0 Å². The predicted molar refractivity (Wildman–Crippen MR) is 94.8 cm³/mol. The predicted octanol–water partition coefficient (Wildman–Crippen LogP) is 4.27. The third-order valence-electron chi connectivity index (χ3n) is 4.45. The molecule has 1 atom stereocenters. The number of pyridine rings is 1. The number of hydrogen-bond donors (Lipinski definition) is 1. The maximum atomic E-state index is 11.5. The van der Waals surface area contributed by atoms with Crippen molar-refractivity contribution in [1.82, 2.24) is 4.98 Å². The fourth-order valence-corrected chi connectivity index (χ4v) is 3.42. The van der Waals surface area contributed by atoms with E-state index >= 15 is 0 Å². The molecule has 0 fully saturated rings. The molecule has 0 amide bonds. The largest absolute Gasteiger partial charge is 0.380 e. The molecule has 3 heteroatoms. The summed E-state index contributed by atoms with van der Waals surface area (Å²) in [4.78, 5) is 4.41. The van der Waals surface area contributed by atoms with Crippen LogP contribution in [0.5, 0.6) is 0 Å². The van der Waals surface area contributed by atoms with Gasteiger partial charge in [-0.15, -0.1) is 12.4 Å². The first-order chi connectivity index (χ1) is 10.7. The van der Waals surface area contributed by atoms with Crippen molar-refractivity contribution in [2.45, 2.75) is 18.9 Å². The van der Waals surface area contributed by atoms with Crippen LogP contribution in [0.4, 0.5) is 0 Å².